The summed E-state index contributed by atoms with van der Waals surface area (Å²) in [7, 11) is 1.66. The van der Waals surface area contributed by atoms with Crippen molar-refractivity contribution in [2.75, 3.05) is 84.2 Å². The first-order valence-electron chi connectivity index (χ1n) is 11.0. The van der Waals surface area contributed by atoms with Gasteiger partial charge in [-0.15, -0.1) is 0 Å². The Balaban J connectivity index is 1.35. The predicted molar refractivity (Wildman–Crippen MR) is 122 cm³/mol. The average Bonchev–Trinajstić information content (AvgIpc) is 2.79. The first-order chi connectivity index (χ1) is 14.7. The van der Waals surface area contributed by atoms with Crippen molar-refractivity contribution in [3.05, 3.63) is 23.8 Å². The van der Waals surface area contributed by atoms with E-state index in [0.29, 0.717) is 18.0 Å². The van der Waals surface area contributed by atoms with Crippen LogP contribution in [0.2, 0.25) is 0 Å². The van der Waals surface area contributed by atoms with Gasteiger partial charge >= 0.3 is 0 Å². The number of nitrogens with zero attached hydrogens (tertiary/aromatic N) is 2. The van der Waals surface area contributed by atoms with E-state index in [2.05, 4.69) is 21.2 Å². The van der Waals surface area contributed by atoms with Gasteiger partial charge in [0.15, 0.2) is 11.5 Å². The van der Waals surface area contributed by atoms with E-state index in [-0.39, 0.29) is 6.61 Å². The molecule has 0 saturated carbocycles. The number of aliphatic hydroxyl groups is 1. The molecule has 0 radical (unpaired) electrons. The molecular formula is C22H37N3O4S. The van der Waals surface area contributed by atoms with E-state index in [1.165, 1.54) is 0 Å². The zero-order chi connectivity index (χ0) is 21.0. The monoisotopic (exact) mass is 439 g/mol. The number of aliphatic hydroxyl groups excluding tert-OH is 1. The average molecular weight is 440 g/mol. The largest absolute Gasteiger partial charge is 0.493 e. The minimum Gasteiger partial charge on any atom is -0.493 e. The van der Waals surface area contributed by atoms with Crippen molar-refractivity contribution < 1.29 is 19.3 Å². The van der Waals surface area contributed by atoms with Crippen LogP contribution in [0.3, 0.4) is 0 Å². The molecular weight excluding hydrogens is 402 g/mol. The maximum absolute atomic E-state index is 10.3. The molecule has 1 aromatic rings. The van der Waals surface area contributed by atoms with Crippen molar-refractivity contribution in [2.45, 2.75) is 19.1 Å². The van der Waals surface area contributed by atoms with Gasteiger partial charge in [0.2, 0.25) is 0 Å². The Morgan fingerprint density at radius 2 is 1.93 bits per heavy atom. The fourth-order valence-electron chi connectivity index (χ4n) is 3.75. The van der Waals surface area contributed by atoms with E-state index >= 15 is 0 Å². The summed E-state index contributed by atoms with van der Waals surface area (Å²) >= 11 is 1.97. The zero-order valence-electron chi connectivity index (χ0n) is 18.2. The molecule has 8 heteroatoms. The number of β-amino-alcohol motifs (C(OH)–C–C–N with tert-alkyl or cyclic N) is 1. The van der Waals surface area contributed by atoms with Gasteiger partial charge in [-0.1, -0.05) is 6.07 Å². The first kappa shape index (κ1) is 23.6. The van der Waals surface area contributed by atoms with Crippen LogP contribution in [0.1, 0.15) is 12.0 Å². The normalized spacial score (nSPS) is 19.5. The molecule has 1 aromatic carbocycles. The third kappa shape index (κ3) is 8.24. The van der Waals surface area contributed by atoms with Crippen LogP contribution in [-0.2, 0) is 11.3 Å². The van der Waals surface area contributed by atoms with Gasteiger partial charge in [0, 0.05) is 50.8 Å². The summed E-state index contributed by atoms with van der Waals surface area (Å²) < 4.78 is 16.7. The Morgan fingerprint density at radius 3 is 2.70 bits per heavy atom. The van der Waals surface area contributed by atoms with Crippen LogP contribution in [-0.4, -0.2) is 105 Å². The smallest absolute Gasteiger partial charge is 0.161 e. The van der Waals surface area contributed by atoms with Crippen LogP contribution in [0.15, 0.2) is 18.2 Å². The lowest BCUT2D eigenvalue weighted by Gasteiger charge is -2.28. The molecule has 0 amide bonds. The molecule has 3 rings (SSSR count). The molecule has 0 aromatic heterocycles. The van der Waals surface area contributed by atoms with E-state index in [1.807, 2.05) is 23.9 Å². The van der Waals surface area contributed by atoms with Gasteiger partial charge in [0.1, 0.15) is 12.7 Å². The maximum Gasteiger partial charge on any atom is 0.161 e. The van der Waals surface area contributed by atoms with Crippen LogP contribution >= 0.6 is 11.8 Å². The van der Waals surface area contributed by atoms with E-state index in [9.17, 15) is 5.11 Å². The van der Waals surface area contributed by atoms with E-state index in [4.69, 9.17) is 14.2 Å². The first-order valence-corrected chi connectivity index (χ1v) is 12.2. The Morgan fingerprint density at radius 1 is 1.13 bits per heavy atom. The number of benzene rings is 1. The van der Waals surface area contributed by atoms with Gasteiger partial charge in [0.05, 0.1) is 20.3 Å². The lowest BCUT2D eigenvalue weighted by molar-refractivity contribution is 0.0374. The Bertz CT molecular complexity index is 610. The minimum absolute atomic E-state index is 0.277. The molecule has 30 heavy (non-hydrogen) atoms. The van der Waals surface area contributed by atoms with E-state index in [0.717, 1.165) is 82.5 Å². The predicted octanol–water partition coefficient (Wildman–Crippen LogP) is 1.30. The Labute approximate surface area is 185 Å². The van der Waals surface area contributed by atoms with Gasteiger partial charge in [-0.05, 0) is 37.2 Å². The molecule has 0 spiro atoms. The lowest BCUT2D eigenvalue weighted by atomic mass is 10.2. The quantitative estimate of drug-likeness (QED) is 0.473. The summed E-state index contributed by atoms with van der Waals surface area (Å²) in [6.45, 7) is 9.73. The molecule has 170 valence electrons. The molecule has 2 fully saturated rings. The second-order valence-corrected chi connectivity index (χ2v) is 9.07. The highest BCUT2D eigenvalue weighted by Crippen LogP contribution is 2.28. The minimum atomic E-state index is -0.495. The number of ether oxygens (including phenoxy) is 3. The number of thioether (sulfide) groups is 1. The maximum atomic E-state index is 10.3. The van der Waals surface area contributed by atoms with Crippen molar-refractivity contribution in [3.8, 4) is 11.5 Å². The van der Waals surface area contributed by atoms with Crippen LogP contribution in [0.4, 0.5) is 0 Å². The molecule has 7 nitrogen and oxygen atoms in total. The van der Waals surface area contributed by atoms with Crippen molar-refractivity contribution in [1.82, 2.24) is 15.1 Å². The van der Waals surface area contributed by atoms with Gasteiger partial charge in [-0.3, -0.25) is 9.80 Å². The standard InChI is InChI=1S/C22H37N3O4S/c1-27-22-15-19(16-23-5-2-6-24-7-11-28-12-8-24)3-4-21(22)29-18-20(26)17-25-9-13-30-14-10-25/h3-4,15,20,23,26H,2,5-14,16-18H2,1H3/t20-/m0/s1. The molecule has 0 bridgehead atoms. The van der Waals surface area contributed by atoms with Crippen LogP contribution in [0.5, 0.6) is 11.5 Å². The van der Waals surface area contributed by atoms with Crippen molar-refractivity contribution >= 4 is 11.8 Å². The third-order valence-corrected chi connectivity index (χ3v) is 6.44. The molecule has 2 heterocycles. The number of rotatable bonds is 12. The summed E-state index contributed by atoms with van der Waals surface area (Å²) in [5, 5.41) is 13.8. The van der Waals surface area contributed by atoms with Crippen LogP contribution < -0.4 is 14.8 Å². The van der Waals surface area contributed by atoms with Gasteiger partial charge in [-0.2, -0.15) is 11.8 Å². The van der Waals surface area contributed by atoms with Crippen molar-refractivity contribution in [1.29, 1.82) is 0 Å². The Kier molecular flexibility index (Phi) is 10.6. The van der Waals surface area contributed by atoms with Crippen LogP contribution in [0, 0.1) is 0 Å². The van der Waals surface area contributed by atoms with Gasteiger partial charge < -0.3 is 24.6 Å². The second kappa shape index (κ2) is 13.4. The summed E-state index contributed by atoms with van der Waals surface area (Å²) in [5.41, 5.74) is 1.16. The number of hydrogen-bond donors (Lipinski definition) is 2. The summed E-state index contributed by atoms with van der Waals surface area (Å²) in [5.74, 6) is 3.68. The highest BCUT2D eigenvalue weighted by molar-refractivity contribution is 7.99. The molecule has 0 unspecified atom stereocenters. The van der Waals surface area contributed by atoms with E-state index < -0.39 is 6.10 Å². The van der Waals surface area contributed by atoms with E-state index in [1.54, 1.807) is 7.11 Å². The van der Waals surface area contributed by atoms with Crippen molar-refractivity contribution in [2.24, 2.45) is 0 Å². The van der Waals surface area contributed by atoms with Gasteiger partial charge in [-0.25, -0.2) is 0 Å². The van der Waals surface area contributed by atoms with Crippen LogP contribution in [0.25, 0.3) is 0 Å². The fourth-order valence-corrected chi connectivity index (χ4v) is 4.73. The third-order valence-electron chi connectivity index (χ3n) is 5.49. The SMILES string of the molecule is COc1cc(CNCCCN2CCOCC2)ccc1OC[C@@H](O)CN1CCSCC1. The zero-order valence-corrected chi connectivity index (χ0v) is 19.0. The fraction of sp³-hybridized carbons (Fsp3) is 0.727. The van der Waals surface area contributed by atoms with Gasteiger partial charge in [0.25, 0.3) is 0 Å². The summed E-state index contributed by atoms with van der Waals surface area (Å²) in [6.07, 6.45) is 0.636. The van der Waals surface area contributed by atoms with Crippen molar-refractivity contribution in [3.63, 3.8) is 0 Å². The molecule has 2 aliphatic heterocycles. The summed E-state index contributed by atoms with van der Waals surface area (Å²) in [6, 6.07) is 6.01. The number of hydrogen-bond acceptors (Lipinski definition) is 8. The number of methoxy groups -OCH3 is 1. The topological polar surface area (TPSA) is 66.4 Å². The molecule has 2 N–H and O–H groups in total. The Hall–Kier alpha value is -1.03. The number of morpholine rings is 1. The highest BCUT2D eigenvalue weighted by Gasteiger charge is 2.16. The lowest BCUT2D eigenvalue weighted by Crippen LogP contribution is -2.40. The molecule has 1 atom stereocenters. The number of nitrogens with one attached hydrogen (secondary N) is 1. The second-order valence-electron chi connectivity index (χ2n) is 7.85. The molecule has 0 aliphatic carbocycles. The molecule has 2 aliphatic rings. The highest BCUT2D eigenvalue weighted by atomic mass is 32.2. The molecule has 2 saturated heterocycles. The summed E-state index contributed by atoms with van der Waals surface area (Å²) in [4.78, 5) is 4.76.